The molecule has 1 unspecified atom stereocenters. The van der Waals surface area contributed by atoms with Crippen molar-refractivity contribution in [2.45, 2.75) is 24.3 Å². The minimum absolute atomic E-state index is 0.117. The van der Waals surface area contributed by atoms with Gasteiger partial charge < -0.3 is 15.1 Å². The number of aryl methyl sites for hydroxylation is 1. The number of rotatable bonds is 5. The second-order valence-corrected chi connectivity index (χ2v) is 6.99. The Hall–Kier alpha value is -2.68. The molecule has 1 aromatic carbocycles. The molecule has 0 amide bonds. The van der Waals surface area contributed by atoms with E-state index in [4.69, 9.17) is 10.2 Å². The largest absolute Gasteiger partial charge is 0.411 e. The molecule has 130 valence electrons. The van der Waals surface area contributed by atoms with Gasteiger partial charge in [-0.15, -0.1) is 10.2 Å². The van der Waals surface area contributed by atoms with Crippen molar-refractivity contribution in [3.8, 4) is 11.5 Å². The second kappa shape index (κ2) is 7.06. The Kier molecular flexibility index (Phi) is 4.84. The van der Waals surface area contributed by atoms with Crippen molar-refractivity contribution in [1.29, 1.82) is 0 Å². The number of hydrogen-bond donors (Lipinski definition) is 1. The topological polar surface area (TPSA) is 107 Å². The number of nitrogens with zero attached hydrogens (tertiary/aromatic N) is 6. The first kappa shape index (κ1) is 17.2. The van der Waals surface area contributed by atoms with Crippen molar-refractivity contribution in [3.63, 3.8) is 0 Å². The molecule has 0 aliphatic rings. The van der Waals surface area contributed by atoms with E-state index in [1.54, 1.807) is 4.90 Å². The standard InChI is InChI=1S/C16H19N7OS/c1-9-7-5-6-8-11(9)13-21-22-16(24-13)25-10(2)12-18-14(17)20-15(19-12)23(3)4/h5-8,10H,1-4H3,(H2,17,18,19,20). The lowest BCUT2D eigenvalue weighted by Crippen LogP contribution is -2.16. The fourth-order valence-corrected chi connectivity index (χ4v) is 2.89. The highest BCUT2D eigenvalue weighted by molar-refractivity contribution is 7.99. The molecule has 9 heteroatoms. The molecule has 2 N–H and O–H groups in total. The fourth-order valence-electron chi connectivity index (χ4n) is 2.16. The predicted molar refractivity (Wildman–Crippen MR) is 97.3 cm³/mol. The van der Waals surface area contributed by atoms with E-state index in [1.165, 1.54) is 11.8 Å². The van der Waals surface area contributed by atoms with E-state index in [2.05, 4.69) is 25.1 Å². The number of hydrogen-bond acceptors (Lipinski definition) is 9. The molecule has 3 aromatic rings. The first-order valence-corrected chi connectivity index (χ1v) is 8.57. The first-order chi connectivity index (χ1) is 11.9. The minimum Gasteiger partial charge on any atom is -0.411 e. The van der Waals surface area contributed by atoms with Gasteiger partial charge in [0.2, 0.25) is 17.8 Å². The van der Waals surface area contributed by atoms with Crippen molar-refractivity contribution < 1.29 is 4.42 Å². The Labute approximate surface area is 149 Å². The van der Waals surface area contributed by atoms with Crippen molar-refractivity contribution >= 4 is 23.7 Å². The molecule has 2 heterocycles. The average molecular weight is 357 g/mol. The summed E-state index contributed by atoms with van der Waals surface area (Å²) in [5.41, 5.74) is 7.78. The van der Waals surface area contributed by atoms with Gasteiger partial charge in [0.25, 0.3) is 5.22 Å². The van der Waals surface area contributed by atoms with Crippen LogP contribution in [0, 0.1) is 6.92 Å². The van der Waals surface area contributed by atoms with Gasteiger partial charge in [0.05, 0.1) is 5.25 Å². The van der Waals surface area contributed by atoms with Crippen molar-refractivity contribution in [3.05, 3.63) is 35.7 Å². The molecule has 8 nitrogen and oxygen atoms in total. The summed E-state index contributed by atoms with van der Waals surface area (Å²) in [4.78, 5) is 14.5. The molecule has 25 heavy (non-hydrogen) atoms. The van der Waals surface area contributed by atoms with Crippen LogP contribution in [0.15, 0.2) is 33.9 Å². The fraction of sp³-hybridized carbons (Fsp3) is 0.312. The lowest BCUT2D eigenvalue weighted by Gasteiger charge is -2.13. The highest BCUT2D eigenvalue weighted by Crippen LogP contribution is 2.34. The zero-order valence-corrected chi connectivity index (χ0v) is 15.3. The van der Waals surface area contributed by atoms with Crippen LogP contribution in [-0.2, 0) is 0 Å². The quantitative estimate of drug-likeness (QED) is 0.689. The van der Waals surface area contributed by atoms with Gasteiger partial charge in [-0.05, 0) is 25.5 Å². The van der Waals surface area contributed by atoms with Gasteiger partial charge in [0, 0.05) is 19.7 Å². The maximum atomic E-state index is 5.78. The Bertz CT molecular complexity index is 880. The summed E-state index contributed by atoms with van der Waals surface area (Å²) in [6.07, 6.45) is 0. The summed E-state index contributed by atoms with van der Waals surface area (Å²) in [6, 6.07) is 7.88. The number of nitrogen functional groups attached to an aromatic ring is 1. The van der Waals surface area contributed by atoms with E-state index in [0.717, 1.165) is 11.1 Å². The maximum absolute atomic E-state index is 5.78. The Morgan fingerprint density at radius 3 is 2.60 bits per heavy atom. The molecule has 0 bridgehead atoms. The van der Waals surface area contributed by atoms with Crippen LogP contribution in [0.1, 0.15) is 23.6 Å². The summed E-state index contributed by atoms with van der Waals surface area (Å²) in [7, 11) is 3.70. The Balaban J connectivity index is 1.80. The lowest BCUT2D eigenvalue weighted by atomic mass is 10.1. The molecule has 1 atom stereocenters. The maximum Gasteiger partial charge on any atom is 0.277 e. The normalized spacial score (nSPS) is 12.2. The highest BCUT2D eigenvalue weighted by Gasteiger charge is 2.18. The number of anilines is 2. The Morgan fingerprint density at radius 2 is 1.88 bits per heavy atom. The molecular formula is C16H19N7OS. The summed E-state index contributed by atoms with van der Waals surface area (Å²) in [5.74, 6) is 1.77. The van der Waals surface area contributed by atoms with E-state index in [9.17, 15) is 0 Å². The van der Waals surface area contributed by atoms with Gasteiger partial charge in [0.15, 0.2) is 0 Å². The lowest BCUT2D eigenvalue weighted by molar-refractivity contribution is 0.464. The van der Waals surface area contributed by atoms with E-state index < -0.39 is 0 Å². The van der Waals surface area contributed by atoms with Crippen molar-refractivity contribution in [2.24, 2.45) is 0 Å². The summed E-state index contributed by atoms with van der Waals surface area (Å²) >= 11 is 1.38. The molecule has 0 aliphatic heterocycles. The third-order valence-electron chi connectivity index (χ3n) is 3.48. The predicted octanol–water partition coefficient (Wildman–Crippen LogP) is 2.73. The number of benzene rings is 1. The third kappa shape index (κ3) is 3.87. The van der Waals surface area contributed by atoms with Crippen LogP contribution in [0.3, 0.4) is 0 Å². The van der Waals surface area contributed by atoms with Crippen molar-refractivity contribution in [2.75, 3.05) is 24.7 Å². The molecule has 0 radical (unpaired) electrons. The summed E-state index contributed by atoms with van der Waals surface area (Å²) in [5, 5.41) is 8.58. The molecular weight excluding hydrogens is 338 g/mol. The van der Waals surface area contributed by atoms with Gasteiger partial charge >= 0.3 is 0 Å². The zero-order valence-electron chi connectivity index (χ0n) is 14.5. The van der Waals surface area contributed by atoms with Crippen LogP contribution in [0.25, 0.3) is 11.5 Å². The molecule has 0 saturated heterocycles. The van der Waals surface area contributed by atoms with Gasteiger partial charge in [0.1, 0.15) is 5.82 Å². The Morgan fingerprint density at radius 1 is 1.12 bits per heavy atom. The minimum atomic E-state index is -0.117. The van der Waals surface area contributed by atoms with E-state index in [1.807, 2.05) is 52.2 Å². The van der Waals surface area contributed by atoms with E-state index in [-0.39, 0.29) is 11.2 Å². The molecule has 2 aromatic heterocycles. The zero-order chi connectivity index (χ0) is 18.0. The number of nitrogens with two attached hydrogens (primary N) is 1. The average Bonchev–Trinajstić information content (AvgIpc) is 3.02. The SMILES string of the molecule is Cc1ccccc1-c1nnc(SC(C)c2nc(N)nc(N(C)C)n2)o1. The van der Waals surface area contributed by atoms with Gasteiger partial charge in [-0.1, -0.05) is 30.0 Å². The van der Waals surface area contributed by atoms with Crippen LogP contribution < -0.4 is 10.6 Å². The number of thioether (sulfide) groups is 1. The molecule has 0 spiro atoms. The number of aromatic nitrogens is 5. The molecule has 0 fully saturated rings. The third-order valence-corrected chi connectivity index (χ3v) is 4.41. The van der Waals surface area contributed by atoms with E-state index in [0.29, 0.717) is 22.9 Å². The smallest absolute Gasteiger partial charge is 0.277 e. The van der Waals surface area contributed by atoms with E-state index >= 15 is 0 Å². The molecule has 0 saturated carbocycles. The monoisotopic (exact) mass is 357 g/mol. The van der Waals surface area contributed by atoms with Gasteiger partial charge in [-0.2, -0.15) is 15.0 Å². The molecule has 0 aliphatic carbocycles. The summed E-state index contributed by atoms with van der Waals surface area (Å²) < 4.78 is 5.78. The van der Waals surface area contributed by atoms with Crippen LogP contribution in [0.5, 0.6) is 0 Å². The van der Waals surface area contributed by atoms with Crippen LogP contribution >= 0.6 is 11.8 Å². The van der Waals surface area contributed by atoms with Gasteiger partial charge in [-0.25, -0.2) is 0 Å². The van der Waals surface area contributed by atoms with Crippen molar-refractivity contribution in [1.82, 2.24) is 25.1 Å². The summed E-state index contributed by atoms with van der Waals surface area (Å²) in [6.45, 7) is 3.96. The van der Waals surface area contributed by atoms with Crippen LogP contribution in [0.4, 0.5) is 11.9 Å². The van der Waals surface area contributed by atoms with Crippen LogP contribution in [0.2, 0.25) is 0 Å². The first-order valence-electron chi connectivity index (χ1n) is 7.69. The van der Waals surface area contributed by atoms with Gasteiger partial charge in [-0.3, -0.25) is 0 Å². The van der Waals surface area contributed by atoms with Crippen LogP contribution in [-0.4, -0.2) is 39.2 Å². The highest BCUT2D eigenvalue weighted by atomic mass is 32.2. The molecule has 3 rings (SSSR count). The second-order valence-electron chi connectivity index (χ2n) is 5.69.